The van der Waals surface area contributed by atoms with Crippen molar-refractivity contribution in [3.8, 4) is 17.0 Å². The molecule has 5 heteroatoms. The van der Waals surface area contributed by atoms with Crippen molar-refractivity contribution in [1.29, 1.82) is 0 Å². The molecule has 0 radical (unpaired) electrons. The van der Waals surface area contributed by atoms with Crippen LogP contribution in [0, 0.1) is 5.82 Å². The Kier molecular flexibility index (Phi) is 4.48. The van der Waals surface area contributed by atoms with Crippen molar-refractivity contribution in [2.45, 2.75) is 32.6 Å². The summed E-state index contributed by atoms with van der Waals surface area (Å²) in [6.07, 6.45) is -0.142. The van der Waals surface area contributed by atoms with Gasteiger partial charge in [0, 0.05) is 16.5 Å². The molecule has 0 spiro atoms. The molecule has 0 unspecified atom stereocenters. The highest BCUT2D eigenvalue weighted by molar-refractivity contribution is 5.94. The Morgan fingerprint density at radius 3 is 2.50 bits per heavy atom. The lowest BCUT2D eigenvalue weighted by molar-refractivity contribution is -0.136. The number of carbonyl (C=O) groups is 1. The zero-order chi connectivity index (χ0) is 19.1. The molecular formula is C21H22FNO3. The van der Waals surface area contributed by atoms with Crippen LogP contribution in [0.2, 0.25) is 0 Å². The number of rotatable bonds is 4. The molecule has 0 amide bonds. The van der Waals surface area contributed by atoms with E-state index in [1.165, 1.54) is 13.2 Å². The fourth-order valence-corrected chi connectivity index (χ4v) is 3.12. The number of aromatic amines is 1. The van der Waals surface area contributed by atoms with Gasteiger partial charge in [-0.1, -0.05) is 26.8 Å². The van der Waals surface area contributed by atoms with Gasteiger partial charge in [-0.15, -0.1) is 0 Å². The van der Waals surface area contributed by atoms with Crippen molar-refractivity contribution in [1.82, 2.24) is 4.98 Å². The minimum atomic E-state index is -0.928. The molecule has 0 aliphatic carbocycles. The second kappa shape index (κ2) is 6.48. The number of benzene rings is 2. The van der Waals surface area contributed by atoms with E-state index in [1.807, 2.05) is 18.2 Å². The Balaban J connectivity index is 2.24. The number of carboxylic acids is 1. The third kappa shape index (κ3) is 3.29. The van der Waals surface area contributed by atoms with Crippen LogP contribution in [0.3, 0.4) is 0 Å². The van der Waals surface area contributed by atoms with Gasteiger partial charge in [0.2, 0.25) is 0 Å². The third-order valence-corrected chi connectivity index (χ3v) is 4.54. The first-order valence-electron chi connectivity index (χ1n) is 8.41. The van der Waals surface area contributed by atoms with Crippen LogP contribution in [0.4, 0.5) is 4.39 Å². The summed E-state index contributed by atoms with van der Waals surface area (Å²) in [6.45, 7) is 6.33. The van der Waals surface area contributed by atoms with E-state index >= 15 is 0 Å². The number of hydrogen-bond acceptors (Lipinski definition) is 2. The minimum absolute atomic E-state index is 0.0572. The number of methoxy groups -OCH3 is 1. The van der Waals surface area contributed by atoms with Crippen LogP contribution in [-0.2, 0) is 16.6 Å². The Labute approximate surface area is 151 Å². The van der Waals surface area contributed by atoms with Crippen LogP contribution >= 0.6 is 0 Å². The second-order valence-corrected chi connectivity index (χ2v) is 7.41. The van der Waals surface area contributed by atoms with Gasteiger partial charge in [-0.05, 0) is 46.9 Å². The highest BCUT2D eigenvalue weighted by Crippen LogP contribution is 2.35. The van der Waals surface area contributed by atoms with E-state index in [9.17, 15) is 14.3 Å². The lowest BCUT2D eigenvalue weighted by atomic mass is 9.86. The SMILES string of the molecule is COc1ccc(-c2[nH]c3ccc(C(C)(C)C)cc3c2CC(=O)O)cc1F. The topological polar surface area (TPSA) is 62.3 Å². The fraction of sp³-hybridized carbons (Fsp3) is 0.286. The van der Waals surface area contributed by atoms with Gasteiger partial charge in [-0.3, -0.25) is 4.79 Å². The highest BCUT2D eigenvalue weighted by atomic mass is 19.1. The maximum atomic E-state index is 14.2. The molecule has 2 aromatic carbocycles. The van der Waals surface area contributed by atoms with Crippen LogP contribution in [-0.4, -0.2) is 23.2 Å². The Bertz CT molecular complexity index is 983. The molecular weight excluding hydrogens is 333 g/mol. The lowest BCUT2D eigenvalue weighted by Crippen LogP contribution is -2.10. The van der Waals surface area contributed by atoms with Gasteiger partial charge < -0.3 is 14.8 Å². The maximum Gasteiger partial charge on any atom is 0.307 e. The van der Waals surface area contributed by atoms with E-state index in [1.54, 1.807) is 12.1 Å². The van der Waals surface area contributed by atoms with Gasteiger partial charge in [0.05, 0.1) is 19.2 Å². The zero-order valence-electron chi connectivity index (χ0n) is 15.3. The van der Waals surface area contributed by atoms with E-state index in [4.69, 9.17) is 4.74 Å². The van der Waals surface area contributed by atoms with Crippen molar-refractivity contribution in [2.75, 3.05) is 7.11 Å². The van der Waals surface area contributed by atoms with Gasteiger partial charge in [0.25, 0.3) is 0 Å². The van der Waals surface area contributed by atoms with E-state index in [-0.39, 0.29) is 17.6 Å². The lowest BCUT2D eigenvalue weighted by Gasteiger charge is -2.19. The summed E-state index contributed by atoms with van der Waals surface area (Å²) >= 11 is 0. The molecule has 2 N–H and O–H groups in total. The largest absolute Gasteiger partial charge is 0.494 e. The number of H-pyrrole nitrogens is 1. The van der Waals surface area contributed by atoms with Crippen molar-refractivity contribution in [3.63, 3.8) is 0 Å². The Morgan fingerprint density at radius 2 is 1.92 bits per heavy atom. The summed E-state index contributed by atoms with van der Waals surface area (Å²) in [5, 5.41) is 10.2. The maximum absolute atomic E-state index is 14.2. The summed E-state index contributed by atoms with van der Waals surface area (Å²) in [5.74, 6) is -1.26. The Hall–Kier alpha value is -2.82. The van der Waals surface area contributed by atoms with Crippen LogP contribution in [0.1, 0.15) is 31.9 Å². The summed E-state index contributed by atoms with van der Waals surface area (Å²) in [6, 6.07) is 10.6. The molecule has 1 heterocycles. The van der Waals surface area contributed by atoms with Crippen LogP contribution < -0.4 is 4.74 Å². The summed E-state index contributed by atoms with van der Waals surface area (Å²) in [5.41, 5.74) is 3.76. The number of fused-ring (bicyclic) bond motifs is 1. The molecule has 0 aliphatic heterocycles. The third-order valence-electron chi connectivity index (χ3n) is 4.54. The zero-order valence-corrected chi connectivity index (χ0v) is 15.3. The average molecular weight is 355 g/mol. The molecule has 0 saturated carbocycles. The van der Waals surface area contributed by atoms with Gasteiger partial charge >= 0.3 is 5.97 Å². The molecule has 3 aromatic rings. The molecule has 136 valence electrons. The number of aliphatic carboxylic acids is 1. The van der Waals surface area contributed by atoms with E-state index in [2.05, 4.69) is 25.8 Å². The smallest absolute Gasteiger partial charge is 0.307 e. The number of aromatic nitrogens is 1. The number of nitrogens with one attached hydrogen (secondary N) is 1. The molecule has 26 heavy (non-hydrogen) atoms. The molecule has 0 atom stereocenters. The normalized spacial score (nSPS) is 11.7. The molecule has 3 rings (SSSR count). The number of carboxylic acid groups (broad SMARTS) is 1. The fourth-order valence-electron chi connectivity index (χ4n) is 3.12. The van der Waals surface area contributed by atoms with Crippen molar-refractivity contribution in [2.24, 2.45) is 0 Å². The molecule has 0 fully saturated rings. The summed E-state index contributed by atoms with van der Waals surface area (Å²) in [4.78, 5) is 14.7. The highest BCUT2D eigenvalue weighted by Gasteiger charge is 2.20. The quantitative estimate of drug-likeness (QED) is 0.699. The average Bonchev–Trinajstić information content (AvgIpc) is 2.91. The van der Waals surface area contributed by atoms with Crippen molar-refractivity contribution < 1.29 is 19.0 Å². The summed E-state index contributed by atoms with van der Waals surface area (Å²) < 4.78 is 19.1. The van der Waals surface area contributed by atoms with Crippen LogP contribution in [0.15, 0.2) is 36.4 Å². The standard InChI is InChI=1S/C21H22FNO3/c1-21(2,3)13-6-7-17-14(10-13)15(11-19(24)25)20(23-17)12-5-8-18(26-4)16(22)9-12/h5-10,23H,11H2,1-4H3,(H,24,25). The predicted molar refractivity (Wildman–Crippen MR) is 100 cm³/mol. The van der Waals surface area contributed by atoms with Crippen LogP contribution in [0.5, 0.6) is 5.75 Å². The minimum Gasteiger partial charge on any atom is -0.494 e. The van der Waals surface area contributed by atoms with Crippen molar-refractivity contribution >= 4 is 16.9 Å². The van der Waals surface area contributed by atoms with Gasteiger partial charge in [-0.25, -0.2) is 4.39 Å². The molecule has 1 aromatic heterocycles. The summed E-state index contributed by atoms with van der Waals surface area (Å²) in [7, 11) is 1.41. The van der Waals surface area contributed by atoms with E-state index in [0.29, 0.717) is 16.8 Å². The first-order valence-corrected chi connectivity index (χ1v) is 8.41. The predicted octanol–water partition coefficient (Wildman–Crippen LogP) is 4.91. The Morgan fingerprint density at radius 1 is 1.19 bits per heavy atom. The number of hydrogen-bond donors (Lipinski definition) is 2. The first-order chi connectivity index (χ1) is 12.2. The van der Waals surface area contributed by atoms with Gasteiger partial charge in [0.15, 0.2) is 11.6 Å². The van der Waals surface area contributed by atoms with Crippen LogP contribution in [0.25, 0.3) is 22.2 Å². The molecule has 0 aliphatic rings. The van der Waals surface area contributed by atoms with Gasteiger partial charge in [-0.2, -0.15) is 0 Å². The number of halogens is 1. The van der Waals surface area contributed by atoms with Gasteiger partial charge in [0.1, 0.15) is 0 Å². The number of ether oxygens (including phenoxy) is 1. The molecule has 0 saturated heterocycles. The second-order valence-electron chi connectivity index (χ2n) is 7.41. The monoisotopic (exact) mass is 355 g/mol. The van der Waals surface area contributed by atoms with Crippen molar-refractivity contribution in [3.05, 3.63) is 53.3 Å². The first kappa shape index (κ1) is 18.0. The van der Waals surface area contributed by atoms with E-state index in [0.717, 1.165) is 16.5 Å². The van der Waals surface area contributed by atoms with E-state index < -0.39 is 11.8 Å². The molecule has 0 bridgehead atoms. The molecule has 4 nitrogen and oxygen atoms in total.